The Kier molecular flexibility index (Phi) is 6.00. The topological polar surface area (TPSA) is 64.0 Å². The molecule has 1 N–H and O–H groups in total. The zero-order valence-electron chi connectivity index (χ0n) is 15.7. The minimum Gasteiger partial charge on any atom is -0.350 e. The van der Waals surface area contributed by atoms with E-state index in [4.69, 9.17) is 0 Å². The van der Waals surface area contributed by atoms with Gasteiger partial charge in [-0.05, 0) is 43.2 Å². The monoisotopic (exact) mass is 403 g/mol. The van der Waals surface area contributed by atoms with Gasteiger partial charge in [-0.25, -0.2) is 4.98 Å². The number of para-hydroxylation sites is 1. The van der Waals surface area contributed by atoms with E-state index < -0.39 is 17.8 Å². The number of halogens is 3. The molecule has 152 valence electrons. The Labute approximate surface area is 165 Å². The molecule has 3 rings (SSSR count). The van der Waals surface area contributed by atoms with Crippen LogP contribution in [0.15, 0.2) is 59.7 Å². The highest BCUT2D eigenvalue weighted by atomic mass is 19.4. The standard InChI is InChI=1S/C21H20F3N3O2/c1-14(15-8-10-16(11-9-15)21(22,23)24)26-19(28)7-4-12-27-13-25-18-6-3-2-5-17(18)20(27)29/h2-3,5-6,8-11,13-14H,4,7,12H2,1H3,(H,26,28). The van der Waals surface area contributed by atoms with Crippen molar-refractivity contribution in [2.45, 2.75) is 38.5 Å². The van der Waals surface area contributed by atoms with Gasteiger partial charge < -0.3 is 5.32 Å². The van der Waals surface area contributed by atoms with Gasteiger partial charge in [0.1, 0.15) is 0 Å². The molecule has 0 aliphatic carbocycles. The van der Waals surface area contributed by atoms with Crippen molar-refractivity contribution in [2.75, 3.05) is 0 Å². The number of aromatic nitrogens is 2. The fraction of sp³-hybridized carbons (Fsp3) is 0.286. The van der Waals surface area contributed by atoms with Gasteiger partial charge in [-0.3, -0.25) is 14.2 Å². The lowest BCUT2D eigenvalue weighted by atomic mass is 10.1. The van der Waals surface area contributed by atoms with Crippen LogP contribution in [0, 0.1) is 0 Å². The van der Waals surface area contributed by atoms with E-state index in [0.717, 1.165) is 12.1 Å². The summed E-state index contributed by atoms with van der Waals surface area (Å²) < 4.78 is 39.3. The van der Waals surface area contributed by atoms with Gasteiger partial charge in [-0.1, -0.05) is 24.3 Å². The molecule has 0 bridgehead atoms. The molecule has 0 saturated heterocycles. The van der Waals surface area contributed by atoms with E-state index in [9.17, 15) is 22.8 Å². The maximum Gasteiger partial charge on any atom is 0.416 e. The molecule has 29 heavy (non-hydrogen) atoms. The molecule has 8 heteroatoms. The van der Waals surface area contributed by atoms with Gasteiger partial charge in [0, 0.05) is 13.0 Å². The Balaban J connectivity index is 1.53. The van der Waals surface area contributed by atoms with Crippen molar-refractivity contribution >= 4 is 16.8 Å². The van der Waals surface area contributed by atoms with Gasteiger partial charge in [0.15, 0.2) is 0 Å². The maximum atomic E-state index is 12.6. The van der Waals surface area contributed by atoms with Crippen molar-refractivity contribution in [1.29, 1.82) is 0 Å². The Morgan fingerprint density at radius 3 is 2.52 bits per heavy atom. The fourth-order valence-electron chi connectivity index (χ4n) is 3.03. The molecule has 0 aliphatic rings. The number of carbonyl (C=O) groups is 1. The Morgan fingerprint density at radius 1 is 1.14 bits per heavy atom. The minimum absolute atomic E-state index is 0.158. The molecule has 1 heterocycles. The van der Waals surface area contributed by atoms with E-state index in [0.29, 0.717) is 29.4 Å². The first-order valence-corrected chi connectivity index (χ1v) is 9.16. The van der Waals surface area contributed by atoms with Crippen molar-refractivity contribution < 1.29 is 18.0 Å². The number of carbonyl (C=O) groups excluding carboxylic acids is 1. The fourth-order valence-corrected chi connectivity index (χ4v) is 3.03. The predicted molar refractivity (Wildman–Crippen MR) is 103 cm³/mol. The van der Waals surface area contributed by atoms with Crippen molar-refractivity contribution in [1.82, 2.24) is 14.9 Å². The second-order valence-corrected chi connectivity index (χ2v) is 6.77. The molecular formula is C21H20F3N3O2. The van der Waals surface area contributed by atoms with Gasteiger partial charge in [0.05, 0.1) is 28.8 Å². The van der Waals surface area contributed by atoms with Crippen LogP contribution in [-0.4, -0.2) is 15.5 Å². The van der Waals surface area contributed by atoms with Crippen LogP contribution in [0.4, 0.5) is 13.2 Å². The average molecular weight is 403 g/mol. The van der Waals surface area contributed by atoms with E-state index in [1.807, 2.05) is 0 Å². The highest BCUT2D eigenvalue weighted by Gasteiger charge is 2.30. The van der Waals surface area contributed by atoms with Gasteiger partial charge in [0.2, 0.25) is 5.91 Å². The third-order valence-electron chi connectivity index (χ3n) is 4.65. The van der Waals surface area contributed by atoms with Crippen LogP contribution in [0.5, 0.6) is 0 Å². The Hall–Kier alpha value is -3.16. The summed E-state index contributed by atoms with van der Waals surface area (Å²) in [5, 5.41) is 3.29. The van der Waals surface area contributed by atoms with Gasteiger partial charge in [0.25, 0.3) is 5.56 Å². The molecule has 1 amide bonds. The smallest absolute Gasteiger partial charge is 0.350 e. The maximum absolute atomic E-state index is 12.6. The average Bonchev–Trinajstić information content (AvgIpc) is 2.69. The van der Waals surface area contributed by atoms with Crippen LogP contribution in [0.25, 0.3) is 10.9 Å². The van der Waals surface area contributed by atoms with E-state index in [2.05, 4.69) is 10.3 Å². The summed E-state index contributed by atoms with van der Waals surface area (Å²) in [7, 11) is 0. The van der Waals surface area contributed by atoms with Crippen molar-refractivity contribution in [2.24, 2.45) is 0 Å². The lowest BCUT2D eigenvalue weighted by Gasteiger charge is -2.15. The summed E-state index contributed by atoms with van der Waals surface area (Å²) >= 11 is 0. The van der Waals surface area contributed by atoms with Crippen molar-refractivity contribution in [3.63, 3.8) is 0 Å². The second-order valence-electron chi connectivity index (χ2n) is 6.77. The molecule has 5 nitrogen and oxygen atoms in total. The molecule has 2 aromatic carbocycles. The molecule has 1 unspecified atom stereocenters. The van der Waals surface area contributed by atoms with Crippen LogP contribution in [0.1, 0.15) is 36.9 Å². The predicted octanol–water partition coefficient (Wildman–Crippen LogP) is 4.07. The first-order valence-electron chi connectivity index (χ1n) is 9.16. The van der Waals surface area contributed by atoms with Crippen LogP contribution >= 0.6 is 0 Å². The number of hydrogen-bond acceptors (Lipinski definition) is 3. The molecule has 1 aromatic heterocycles. The van der Waals surface area contributed by atoms with Crippen LogP contribution in [0.2, 0.25) is 0 Å². The van der Waals surface area contributed by atoms with E-state index in [1.165, 1.54) is 23.0 Å². The second kappa shape index (κ2) is 8.46. The van der Waals surface area contributed by atoms with E-state index in [1.54, 1.807) is 31.2 Å². The summed E-state index contributed by atoms with van der Waals surface area (Å²) in [6.07, 6.45) is -2.30. The number of alkyl halides is 3. The molecule has 3 aromatic rings. The quantitative estimate of drug-likeness (QED) is 0.675. The molecule has 1 atom stereocenters. The van der Waals surface area contributed by atoms with Gasteiger partial charge in [-0.15, -0.1) is 0 Å². The SMILES string of the molecule is CC(NC(=O)CCCn1cnc2ccccc2c1=O)c1ccc(C(F)(F)F)cc1. The van der Waals surface area contributed by atoms with Crippen molar-refractivity contribution in [3.05, 3.63) is 76.3 Å². The van der Waals surface area contributed by atoms with Crippen LogP contribution < -0.4 is 10.9 Å². The number of nitrogens with one attached hydrogen (secondary N) is 1. The van der Waals surface area contributed by atoms with Crippen LogP contribution in [0.3, 0.4) is 0 Å². The molecule has 0 radical (unpaired) electrons. The molecular weight excluding hydrogens is 383 g/mol. The number of fused-ring (bicyclic) bond motifs is 1. The molecule has 0 spiro atoms. The highest BCUT2D eigenvalue weighted by Crippen LogP contribution is 2.29. The first-order chi connectivity index (χ1) is 13.8. The number of nitrogens with zero attached hydrogens (tertiary/aromatic N) is 2. The lowest BCUT2D eigenvalue weighted by Crippen LogP contribution is -2.27. The minimum atomic E-state index is -4.39. The molecule has 0 aliphatic heterocycles. The third-order valence-corrected chi connectivity index (χ3v) is 4.65. The summed E-state index contributed by atoms with van der Waals surface area (Å²) in [6, 6.07) is 11.3. The summed E-state index contributed by atoms with van der Waals surface area (Å²) in [5.41, 5.74) is 0.321. The Morgan fingerprint density at radius 2 is 1.83 bits per heavy atom. The first kappa shape index (κ1) is 20.6. The zero-order chi connectivity index (χ0) is 21.0. The van der Waals surface area contributed by atoms with E-state index in [-0.39, 0.29) is 17.9 Å². The summed E-state index contributed by atoms with van der Waals surface area (Å²) in [5.74, 6) is -0.237. The van der Waals surface area contributed by atoms with E-state index >= 15 is 0 Å². The van der Waals surface area contributed by atoms with Gasteiger partial charge >= 0.3 is 6.18 Å². The summed E-state index contributed by atoms with van der Waals surface area (Å²) in [4.78, 5) is 28.8. The van der Waals surface area contributed by atoms with Gasteiger partial charge in [-0.2, -0.15) is 13.2 Å². The Bertz CT molecular complexity index is 1060. The lowest BCUT2D eigenvalue weighted by molar-refractivity contribution is -0.137. The largest absolute Gasteiger partial charge is 0.416 e. The number of amides is 1. The van der Waals surface area contributed by atoms with Crippen molar-refractivity contribution in [3.8, 4) is 0 Å². The molecule has 0 fully saturated rings. The third kappa shape index (κ3) is 5.01. The number of benzene rings is 2. The normalized spacial score (nSPS) is 12.7. The number of aryl methyl sites for hydroxylation is 1. The summed E-state index contributed by atoms with van der Waals surface area (Å²) in [6.45, 7) is 2.05. The van der Waals surface area contributed by atoms with Crippen LogP contribution in [-0.2, 0) is 17.5 Å². The number of hydrogen-bond donors (Lipinski definition) is 1. The highest BCUT2D eigenvalue weighted by molar-refractivity contribution is 5.77. The molecule has 0 saturated carbocycles. The number of rotatable bonds is 6. The zero-order valence-corrected chi connectivity index (χ0v) is 15.7.